The highest BCUT2D eigenvalue weighted by molar-refractivity contribution is 5.79. The van der Waals surface area contributed by atoms with E-state index in [0.29, 0.717) is 6.61 Å². The molecule has 1 aromatic carbocycles. The molecule has 0 aromatic heterocycles. The minimum Gasteiger partial charge on any atom is -0.497 e. The van der Waals surface area contributed by atoms with Gasteiger partial charge in [0.05, 0.1) is 13.7 Å². The van der Waals surface area contributed by atoms with Crippen molar-refractivity contribution < 1.29 is 9.47 Å². The van der Waals surface area contributed by atoms with Crippen LogP contribution in [-0.4, -0.2) is 39.8 Å². The Balaban J connectivity index is 2.05. The summed E-state index contributed by atoms with van der Waals surface area (Å²) in [6.07, 6.45) is 4.62. The van der Waals surface area contributed by atoms with Gasteiger partial charge in [-0.1, -0.05) is 31.9 Å². The Labute approximate surface area is 140 Å². The van der Waals surface area contributed by atoms with Gasteiger partial charge in [-0.25, -0.2) is 0 Å². The van der Waals surface area contributed by atoms with Crippen molar-refractivity contribution in [3.63, 3.8) is 0 Å². The summed E-state index contributed by atoms with van der Waals surface area (Å²) in [6.45, 7) is 5.40. The molecule has 0 bridgehead atoms. The molecule has 1 rings (SSSR count). The first-order chi connectivity index (χ1) is 11.3. The summed E-state index contributed by atoms with van der Waals surface area (Å²) < 4.78 is 10.8. The summed E-state index contributed by atoms with van der Waals surface area (Å²) in [5.74, 6) is 1.74. The van der Waals surface area contributed by atoms with Crippen molar-refractivity contribution in [3.8, 4) is 5.75 Å². The largest absolute Gasteiger partial charge is 0.497 e. The topological polar surface area (TPSA) is 54.9 Å². The maximum absolute atomic E-state index is 5.68. The molecular weight excluding hydrogens is 290 g/mol. The van der Waals surface area contributed by atoms with Crippen LogP contribution in [0.15, 0.2) is 29.3 Å². The fourth-order valence-electron chi connectivity index (χ4n) is 2.10. The molecule has 1 aromatic rings. The molecule has 0 saturated carbocycles. The Morgan fingerprint density at radius 2 is 1.74 bits per heavy atom. The van der Waals surface area contributed by atoms with Crippen LogP contribution in [0.5, 0.6) is 5.75 Å². The Bertz CT molecular complexity index is 432. The zero-order valence-corrected chi connectivity index (χ0v) is 14.7. The first-order valence-corrected chi connectivity index (χ1v) is 8.45. The lowest BCUT2D eigenvalue weighted by Gasteiger charge is -2.11. The monoisotopic (exact) mass is 321 g/mol. The smallest absolute Gasteiger partial charge is 0.190 e. The first-order valence-electron chi connectivity index (χ1n) is 8.45. The zero-order valence-electron chi connectivity index (χ0n) is 14.7. The van der Waals surface area contributed by atoms with Gasteiger partial charge in [0.25, 0.3) is 0 Å². The Hall–Kier alpha value is -1.75. The van der Waals surface area contributed by atoms with Crippen molar-refractivity contribution in [2.45, 2.75) is 39.2 Å². The second kappa shape index (κ2) is 12.8. The number of guanidine groups is 1. The number of methoxy groups -OCH3 is 1. The SMILES string of the molecule is CCCCCNC(=NC)NCCCOCc1ccc(OC)cc1. The molecule has 0 aliphatic carbocycles. The van der Waals surface area contributed by atoms with E-state index < -0.39 is 0 Å². The van der Waals surface area contributed by atoms with E-state index in [1.165, 1.54) is 19.3 Å². The predicted molar refractivity (Wildman–Crippen MR) is 96.2 cm³/mol. The van der Waals surface area contributed by atoms with Crippen LogP contribution < -0.4 is 15.4 Å². The van der Waals surface area contributed by atoms with Gasteiger partial charge in [-0.05, 0) is 30.5 Å². The van der Waals surface area contributed by atoms with E-state index >= 15 is 0 Å². The van der Waals surface area contributed by atoms with E-state index in [1.807, 2.05) is 24.3 Å². The molecule has 0 aliphatic rings. The van der Waals surface area contributed by atoms with Crippen LogP contribution in [0, 0.1) is 0 Å². The van der Waals surface area contributed by atoms with Gasteiger partial charge in [0.1, 0.15) is 5.75 Å². The summed E-state index contributed by atoms with van der Waals surface area (Å²) in [5.41, 5.74) is 1.16. The number of ether oxygens (including phenoxy) is 2. The Morgan fingerprint density at radius 3 is 2.35 bits per heavy atom. The lowest BCUT2D eigenvalue weighted by Crippen LogP contribution is -2.38. The fraction of sp³-hybridized carbons (Fsp3) is 0.611. The second-order valence-corrected chi connectivity index (χ2v) is 5.39. The maximum atomic E-state index is 5.68. The molecule has 0 heterocycles. The molecule has 0 aliphatic heterocycles. The maximum Gasteiger partial charge on any atom is 0.190 e. The van der Waals surface area contributed by atoms with Crippen LogP contribution in [0.3, 0.4) is 0 Å². The van der Waals surface area contributed by atoms with Crippen LogP contribution in [-0.2, 0) is 11.3 Å². The van der Waals surface area contributed by atoms with Crippen LogP contribution in [0.1, 0.15) is 38.2 Å². The van der Waals surface area contributed by atoms with E-state index in [0.717, 1.165) is 43.4 Å². The van der Waals surface area contributed by atoms with Crippen molar-refractivity contribution in [3.05, 3.63) is 29.8 Å². The van der Waals surface area contributed by atoms with E-state index in [4.69, 9.17) is 9.47 Å². The highest BCUT2D eigenvalue weighted by Gasteiger charge is 1.98. The van der Waals surface area contributed by atoms with Crippen molar-refractivity contribution in [1.29, 1.82) is 0 Å². The summed E-state index contributed by atoms with van der Waals surface area (Å²) in [7, 11) is 3.47. The van der Waals surface area contributed by atoms with E-state index in [9.17, 15) is 0 Å². The van der Waals surface area contributed by atoms with E-state index in [1.54, 1.807) is 14.2 Å². The summed E-state index contributed by atoms with van der Waals surface area (Å²) in [6, 6.07) is 7.96. The van der Waals surface area contributed by atoms with E-state index in [2.05, 4.69) is 22.5 Å². The average Bonchev–Trinajstić information content (AvgIpc) is 2.60. The third-order valence-electron chi connectivity index (χ3n) is 3.48. The number of rotatable bonds is 11. The lowest BCUT2D eigenvalue weighted by atomic mass is 10.2. The number of hydrogen-bond donors (Lipinski definition) is 2. The highest BCUT2D eigenvalue weighted by Crippen LogP contribution is 2.11. The molecule has 23 heavy (non-hydrogen) atoms. The van der Waals surface area contributed by atoms with Crippen molar-refractivity contribution in [1.82, 2.24) is 10.6 Å². The number of unbranched alkanes of at least 4 members (excludes halogenated alkanes) is 2. The van der Waals surface area contributed by atoms with Crippen molar-refractivity contribution in [2.75, 3.05) is 33.9 Å². The van der Waals surface area contributed by atoms with E-state index in [-0.39, 0.29) is 0 Å². The van der Waals surface area contributed by atoms with Gasteiger partial charge in [-0.2, -0.15) is 0 Å². The molecule has 0 saturated heterocycles. The van der Waals surface area contributed by atoms with Gasteiger partial charge < -0.3 is 20.1 Å². The predicted octanol–water partition coefficient (Wildman–Crippen LogP) is 2.96. The number of hydrogen-bond acceptors (Lipinski definition) is 3. The molecular formula is C18H31N3O2. The normalized spacial score (nSPS) is 11.3. The summed E-state index contributed by atoms with van der Waals surface area (Å²) >= 11 is 0. The molecule has 2 N–H and O–H groups in total. The summed E-state index contributed by atoms with van der Waals surface area (Å²) in [5, 5.41) is 6.62. The number of nitrogens with zero attached hydrogens (tertiary/aromatic N) is 1. The van der Waals surface area contributed by atoms with Crippen LogP contribution in [0.25, 0.3) is 0 Å². The molecule has 0 radical (unpaired) electrons. The fourth-order valence-corrected chi connectivity index (χ4v) is 2.10. The Morgan fingerprint density at radius 1 is 1.04 bits per heavy atom. The van der Waals surface area contributed by atoms with Gasteiger partial charge in [-0.15, -0.1) is 0 Å². The molecule has 0 fully saturated rings. The molecule has 0 unspecified atom stereocenters. The quantitative estimate of drug-likeness (QED) is 0.374. The third-order valence-corrected chi connectivity index (χ3v) is 3.48. The van der Waals surface area contributed by atoms with Crippen LogP contribution >= 0.6 is 0 Å². The zero-order chi connectivity index (χ0) is 16.8. The minimum atomic E-state index is 0.633. The average molecular weight is 321 g/mol. The summed E-state index contributed by atoms with van der Waals surface area (Å²) in [4.78, 5) is 4.21. The standard InChI is InChI=1S/C18H31N3O2/c1-4-5-6-12-20-18(19-2)21-13-7-14-23-15-16-8-10-17(22-3)11-9-16/h8-11H,4-7,12-15H2,1-3H3,(H2,19,20,21). The molecule has 5 heteroatoms. The number of benzene rings is 1. The van der Waals surface area contributed by atoms with Gasteiger partial charge in [-0.3, -0.25) is 4.99 Å². The molecule has 0 amide bonds. The minimum absolute atomic E-state index is 0.633. The second-order valence-electron chi connectivity index (χ2n) is 5.39. The lowest BCUT2D eigenvalue weighted by molar-refractivity contribution is 0.119. The molecule has 0 spiro atoms. The Kier molecular flexibility index (Phi) is 10.7. The van der Waals surface area contributed by atoms with Gasteiger partial charge in [0.15, 0.2) is 5.96 Å². The van der Waals surface area contributed by atoms with Crippen LogP contribution in [0.4, 0.5) is 0 Å². The first kappa shape index (κ1) is 19.3. The molecule has 130 valence electrons. The van der Waals surface area contributed by atoms with Gasteiger partial charge >= 0.3 is 0 Å². The third kappa shape index (κ3) is 9.08. The number of nitrogens with one attached hydrogen (secondary N) is 2. The highest BCUT2D eigenvalue weighted by atomic mass is 16.5. The van der Waals surface area contributed by atoms with Crippen molar-refractivity contribution in [2.24, 2.45) is 4.99 Å². The molecule has 0 atom stereocenters. The van der Waals surface area contributed by atoms with Gasteiger partial charge in [0, 0.05) is 26.7 Å². The number of aliphatic imine (C=N–C) groups is 1. The van der Waals surface area contributed by atoms with Crippen LogP contribution in [0.2, 0.25) is 0 Å². The molecule has 5 nitrogen and oxygen atoms in total. The van der Waals surface area contributed by atoms with Gasteiger partial charge in [0.2, 0.25) is 0 Å². The van der Waals surface area contributed by atoms with Crippen molar-refractivity contribution >= 4 is 5.96 Å².